The molecule has 0 heterocycles. The number of benzene rings is 2. The highest BCUT2D eigenvalue weighted by Crippen LogP contribution is 2.16. The Morgan fingerprint density at radius 1 is 1.12 bits per heavy atom. The fourth-order valence-electron chi connectivity index (χ4n) is 2.24. The lowest BCUT2D eigenvalue weighted by molar-refractivity contribution is -0.155. The van der Waals surface area contributed by atoms with Crippen molar-refractivity contribution < 1.29 is 19.1 Å². The second-order valence-electron chi connectivity index (χ2n) is 5.81. The Morgan fingerprint density at radius 3 is 2.54 bits per heavy atom. The predicted molar refractivity (Wildman–Crippen MR) is 100 cm³/mol. The van der Waals surface area contributed by atoms with Crippen molar-refractivity contribution in [2.24, 2.45) is 0 Å². The van der Waals surface area contributed by atoms with Gasteiger partial charge in [0.25, 0.3) is 5.91 Å². The van der Waals surface area contributed by atoms with Crippen molar-refractivity contribution in [2.45, 2.75) is 32.9 Å². The molecule has 0 spiro atoms. The highest BCUT2D eigenvalue weighted by atomic mass is 35.5. The van der Waals surface area contributed by atoms with Crippen molar-refractivity contribution in [1.82, 2.24) is 5.32 Å². The van der Waals surface area contributed by atoms with Gasteiger partial charge in [-0.2, -0.15) is 0 Å². The number of aryl methyl sites for hydroxylation is 1. The van der Waals surface area contributed by atoms with Crippen LogP contribution in [0.15, 0.2) is 48.5 Å². The van der Waals surface area contributed by atoms with Crippen LogP contribution in [0.1, 0.15) is 24.5 Å². The zero-order valence-corrected chi connectivity index (χ0v) is 15.6. The summed E-state index contributed by atoms with van der Waals surface area (Å²) in [4.78, 5) is 23.9. The summed E-state index contributed by atoms with van der Waals surface area (Å²) in [5, 5.41) is 3.28. The third-order valence-corrected chi connectivity index (χ3v) is 4.11. The van der Waals surface area contributed by atoms with E-state index in [-0.39, 0.29) is 25.5 Å². The van der Waals surface area contributed by atoms with Crippen LogP contribution in [0.4, 0.5) is 0 Å². The molecule has 0 aliphatic carbocycles. The van der Waals surface area contributed by atoms with Gasteiger partial charge in [-0.05, 0) is 37.1 Å². The van der Waals surface area contributed by atoms with E-state index in [1.54, 1.807) is 6.07 Å². The van der Waals surface area contributed by atoms with Gasteiger partial charge in [0.2, 0.25) is 0 Å². The van der Waals surface area contributed by atoms with Crippen LogP contribution in [-0.2, 0) is 20.9 Å². The molecule has 0 saturated heterocycles. The van der Waals surface area contributed by atoms with Crippen molar-refractivity contribution in [3.63, 3.8) is 0 Å². The van der Waals surface area contributed by atoms with Crippen LogP contribution >= 0.6 is 11.6 Å². The Bertz CT molecular complexity index is 763. The number of esters is 1. The smallest absolute Gasteiger partial charge is 0.310 e. The molecule has 6 heteroatoms. The fraction of sp³-hybridized carbons (Fsp3) is 0.300. The summed E-state index contributed by atoms with van der Waals surface area (Å²) < 4.78 is 10.7. The number of carbonyl (C=O) groups excluding carboxylic acids is 2. The monoisotopic (exact) mass is 375 g/mol. The SMILES string of the molecule is Cc1ccccc1OCCC(=O)O[C@@H](C)C(=O)NCc1ccccc1Cl. The van der Waals surface area contributed by atoms with E-state index >= 15 is 0 Å². The van der Waals surface area contributed by atoms with Crippen molar-refractivity contribution in [3.8, 4) is 5.75 Å². The Labute approximate surface area is 158 Å². The molecule has 0 aliphatic heterocycles. The average Bonchev–Trinajstić information content (AvgIpc) is 2.62. The number of ether oxygens (including phenoxy) is 2. The van der Waals surface area contributed by atoms with E-state index in [0.29, 0.717) is 5.02 Å². The molecule has 0 fully saturated rings. The number of hydrogen-bond acceptors (Lipinski definition) is 4. The van der Waals surface area contributed by atoms with Gasteiger partial charge in [0.1, 0.15) is 5.75 Å². The molecule has 0 radical (unpaired) electrons. The summed E-state index contributed by atoms with van der Waals surface area (Å²) in [6.07, 6.45) is -0.820. The summed E-state index contributed by atoms with van der Waals surface area (Å²) in [5.41, 5.74) is 1.79. The Balaban J connectivity index is 1.71. The molecule has 2 rings (SSSR count). The van der Waals surface area contributed by atoms with E-state index in [0.717, 1.165) is 16.9 Å². The molecule has 26 heavy (non-hydrogen) atoms. The van der Waals surface area contributed by atoms with Crippen LogP contribution in [0.5, 0.6) is 5.75 Å². The summed E-state index contributed by atoms with van der Waals surface area (Å²) >= 11 is 6.04. The summed E-state index contributed by atoms with van der Waals surface area (Å²) in [5.74, 6) is -0.136. The number of hydrogen-bond donors (Lipinski definition) is 1. The fourth-order valence-corrected chi connectivity index (χ4v) is 2.44. The normalized spacial score (nSPS) is 11.5. The number of rotatable bonds is 8. The van der Waals surface area contributed by atoms with Gasteiger partial charge in [-0.3, -0.25) is 9.59 Å². The lowest BCUT2D eigenvalue weighted by Gasteiger charge is -2.14. The number of halogens is 1. The number of para-hydroxylation sites is 1. The molecule has 0 aliphatic rings. The first-order valence-corrected chi connectivity index (χ1v) is 8.74. The summed E-state index contributed by atoms with van der Waals surface area (Å²) in [6.45, 7) is 3.93. The molecule has 1 N–H and O–H groups in total. The second-order valence-corrected chi connectivity index (χ2v) is 6.21. The molecular weight excluding hydrogens is 354 g/mol. The minimum Gasteiger partial charge on any atom is -0.493 e. The lowest BCUT2D eigenvalue weighted by Crippen LogP contribution is -2.35. The van der Waals surface area contributed by atoms with Crippen LogP contribution in [-0.4, -0.2) is 24.6 Å². The topological polar surface area (TPSA) is 64.6 Å². The Hall–Kier alpha value is -2.53. The molecule has 2 aromatic carbocycles. The zero-order valence-electron chi connectivity index (χ0n) is 14.8. The first-order chi connectivity index (χ1) is 12.5. The highest BCUT2D eigenvalue weighted by Gasteiger charge is 2.17. The Kier molecular flexibility index (Phi) is 7.48. The lowest BCUT2D eigenvalue weighted by atomic mass is 10.2. The minimum atomic E-state index is -0.886. The minimum absolute atomic E-state index is 0.0659. The third-order valence-electron chi connectivity index (χ3n) is 3.75. The molecule has 1 amide bonds. The highest BCUT2D eigenvalue weighted by molar-refractivity contribution is 6.31. The van der Waals surface area contributed by atoms with Gasteiger partial charge >= 0.3 is 5.97 Å². The molecule has 2 aromatic rings. The van der Waals surface area contributed by atoms with Crippen molar-refractivity contribution in [3.05, 3.63) is 64.7 Å². The van der Waals surface area contributed by atoms with Crippen molar-refractivity contribution >= 4 is 23.5 Å². The van der Waals surface area contributed by atoms with E-state index in [1.165, 1.54) is 6.92 Å². The quantitative estimate of drug-likeness (QED) is 0.715. The van der Waals surface area contributed by atoms with Gasteiger partial charge < -0.3 is 14.8 Å². The third kappa shape index (κ3) is 6.08. The van der Waals surface area contributed by atoms with Crippen LogP contribution in [0.25, 0.3) is 0 Å². The number of nitrogens with one attached hydrogen (secondary N) is 1. The van der Waals surface area contributed by atoms with Gasteiger partial charge in [0.15, 0.2) is 6.10 Å². The molecule has 1 atom stereocenters. The summed E-state index contributed by atoms with van der Waals surface area (Å²) in [7, 11) is 0. The molecular formula is C20H22ClNO4. The molecule has 0 unspecified atom stereocenters. The van der Waals surface area contributed by atoms with Gasteiger partial charge in [-0.15, -0.1) is 0 Å². The molecule has 5 nitrogen and oxygen atoms in total. The van der Waals surface area contributed by atoms with Crippen molar-refractivity contribution in [2.75, 3.05) is 6.61 Å². The van der Waals surface area contributed by atoms with Crippen LogP contribution < -0.4 is 10.1 Å². The van der Waals surface area contributed by atoms with Gasteiger partial charge in [-0.25, -0.2) is 0 Å². The Morgan fingerprint density at radius 2 is 1.81 bits per heavy atom. The summed E-state index contributed by atoms with van der Waals surface area (Å²) in [6, 6.07) is 14.8. The predicted octanol–water partition coefficient (Wildman–Crippen LogP) is 3.67. The molecule has 0 aromatic heterocycles. The van der Waals surface area contributed by atoms with E-state index in [2.05, 4.69) is 5.32 Å². The van der Waals surface area contributed by atoms with E-state index in [4.69, 9.17) is 21.1 Å². The van der Waals surface area contributed by atoms with E-state index in [9.17, 15) is 9.59 Å². The molecule has 0 bridgehead atoms. The van der Waals surface area contributed by atoms with Gasteiger partial charge in [0, 0.05) is 11.6 Å². The van der Waals surface area contributed by atoms with Crippen molar-refractivity contribution in [1.29, 1.82) is 0 Å². The van der Waals surface area contributed by atoms with Crippen LogP contribution in [0.3, 0.4) is 0 Å². The maximum absolute atomic E-state index is 12.0. The van der Waals surface area contributed by atoms with E-state index < -0.39 is 12.1 Å². The van der Waals surface area contributed by atoms with E-state index in [1.807, 2.05) is 49.4 Å². The second kappa shape index (κ2) is 9.82. The maximum atomic E-state index is 12.0. The molecule has 138 valence electrons. The largest absolute Gasteiger partial charge is 0.493 e. The first-order valence-electron chi connectivity index (χ1n) is 8.36. The zero-order chi connectivity index (χ0) is 18.9. The average molecular weight is 376 g/mol. The van der Waals surface area contributed by atoms with Crippen LogP contribution in [0, 0.1) is 6.92 Å². The standard InChI is InChI=1S/C20H22ClNO4/c1-14-7-3-6-10-18(14)25-12-11-19(23)26-15(2)20(24)22-13-16-8-4-5-9-17(16)21/h3-10,15H,11-13H2,1-2H3,(H,22,24)/t15-/m0/s1. The molecule has 0 saturated carbocycles. The maximum Gasteiger partial charge on any atom is 0.310 e. The van der Waals surface area contributed by atoms with Crippen LogP contribution in [0.2, 0.25) is 5.02 Å². The number of carbonyl (C=O) groups is 2. The number of amides is 1. The first kappa shape index (κ1) is 19.8. The van der Waals surface area contributed by atoms with Gasteiger partial charge in [-0.1, -0.05) is 48.0 Å². The van der Waals surface area contributed by atoms with Gasteiger partial charge in [0.05, 0.1) is 13.0 Å².